The zero-order chi connectivity index (χ0) is 28.3. The quantitative estimate of drug-likeness (QED) is 0.542. The zero-order valence-corrected chi connectivity index (χ0v) is 24.8. The average molecular weight is 541 g/mol. The molecule has 3 fully saturated rings. The molecule has 216 valence electrons. The topological polar surface area (TPSA) is 82.2 Å². The van der Waals surface area contributed by atoms with Gasteiger partial charge in [-0.2, -0.15) is 0 Å². The lowest BCUT2D eigenvalue weighted by Gasteiger charge is -2.41. The first-order valence-electron chi connectivity index (χ1n) is 14.8. The van der Waals surface area contributed by atoms with Gasteiger partial charge in [-0.1, -0.05) is 18.9 Å². The van der Waals surface area contributed by atoms with Gasteiger partial charge in [0.15, 0.2) is 0 Å². The van der Waals surface area contributed by atoms with Gasteiger partial charge in [-0.15, -0.1) is 0 Å². The summed E-state index contributed by atoms with van der Waals surface area (Å²) in [5, 5.41) is 3.15. The van der Waals surface area contributed by atoms with Gasteiger partial charge < -0.3 is 19.9 Å². The highest BCUT2D eigenvalue weighted by Crippen LogP contribution is 2.29. The molecule has 0 spiro atoms. The van der Waals surface area contributed by atoms with Gasteiger partial charge in [0.1, 0.15) is 5.60 Å². The molecule has 2 heterocycles. The van der Waals surface area contributed by atoms with E-state index in [4.69, 9.17) is 4.74 Å². The number of likely N-dealkylation sites (tertiary alicyclic amines) is 1. The van der Waals surface area contributed by atoms with Crippen LogP contribution in [0.15, 0.2) is 12.1 Å². The summed E-state index contributed by atoms with van der Waals surface area (Å²) in [6.45, 7) is 16.4. The van der Waals surface area contributed by atoms with Crippen LogP contribution in [0.2, 0.25) is 0 Å². The molecule has 0 bridgehead atoms. The van der Waals surface area contributed by atoms with E-state index in [9.17, 15) is 14.4 Å². The molecule has 4 rings (SSSR count). The molecule has 1 unspecified atom stereocenters. The standard InChI is InChI=1S/C31H48N4O4/c1-21-15-26(20-33-13-14-35(22(2)18-33)29(37)25-9-7-8-10-25)23(3)27(16-21)32-28(36)17-24-11-12-34(19-24)30(38)39-31(4,5)6/h15-16,22,24-25H,7-14,17-20H2,1-6H3,(H,32,36)/t22-,24?/m0/s1. The average Bonchev–Trinajstić information content (AvgIpc) is 3.53. The largest absolute Gasteiger partial charge is 0.444 e. The minimum atomic E-state index is -0.522. The molecule has 2 atom stereocenters. The maximum absolute atomic E-state index is 13.0. The van der Waals surface area contributed by atoms with E-state index in [-0.39, 0.29) is 29.9 Å². The summed E-state index contributed by atoms with van der Waals surface area (Å²) in [6, 6.07) is 4.46. The molecule has 0 radical (unpaired) electrons. The summed E-state index contributed by atoms with van der Waals surface area (Å²) >= 11 is 0. The number of aryl methyl sites for hydroxylation is 1. The Morgan fingerprint density at radius 1 is 1.00 bits per heavy atom. The fourth-order valence-corrected chi connectivity index (χ4v) is 6.33. The number of benzene rings is 1. The molecule has 8 heteroatoms. The third-order valence-electron chi connectivity index (χ3n) is 8.44. The van der Waals surface area contributed by atoms with Crippen LogP contribution in [0.3, 0.4) is 0 Å². The van der Waals surface area contributed by atoms with Gasteiger partial charge >= 0.3 is 6.09 Å². The van der Waals surface area contributed by atoms with Crippen molar-refractivity contribution < 1.29 is 19.1 Å². The number of ether oxygens (including phenoxy) is 1. The SMILES string of the molecule is Cc1cc(CN2CCN(C(=O)C3CCCC3)[C@@H](C)C2)c(C)c(NC(=O)CC2CCN(C(=O)OC(C)(C)C)C2)c1. The third kappa shape index (κ3) is 7.74. The van der Waals surface area contributed by atoms with Crippen LogP contribution < -0.4 is 5.32 Å². The number of nitrogens with zero attached hydrogens (tertiary/aromatic N) is 3. The smallest absolute Gasteiger partial charge is 0.410 e. The fourth-order valence-electron chi connectivity index (χ4n) is 6.33. The number of piperazine rings is 1. The maximum atomic E-state index is 13.0. The number of hydrogen-bond acceptors (Lipinski definition) is 5. The van der Waals surface area contributed by atoms with Crippen molar-refractivity contribution in [1.29, 1.82) is 0 Å². The van der Waals surface area contributed by atoms with Gasteiger partial charge in [0.2, 0.25) is 11.8 Å². The van der Waals surface area contributed by atoms with E-state index in [1.165, 1.54) is 18.4 Å². The first-order valence-corrected chi connectivity index (χ1v) is 14.8. The van der Waals surface area contributed by atoms with E-state index in [0.29, 0.717) is 25.4 Å². The monoisotopic (exact) mass is 540 g/mol. The predicted molar refractivity (Wildman–Crippen MR) is 153 cm³/mol. The van der Waals surface area contributed by atoms with Crippen molar-refractivity contribution in [3.05, 3.63) is 28.8 Å². The lowest BCUT2D eigenvalue weighted by Crippen LogP contribution is -2.54. The van der Waals surface area contributed by atoms with E-state index >= 15 is 0 Å². The van der Waals surface area contributed by atoms with E-state index in [2.05, 4.69) is 42.0 Å². The molecule has 1 aromatic carbocycles. The second kappa shape index (κ2) is 12.3. The molecule has 1 aromatic rings. The summed E-state index contributed by atoms with van der Waals surface area (Å²) in [5.74, 6) is 0.701. The Balaban J connectivity index is 1.31. The molecular weight excluding hydrogens is 492 g/mol. The van der Waals surface area contributed by atoms with Crippen molar-refractivity contribution in [3.63, 3.8) is 0 Å². The van der Waals surface area contributed by atoms with Crippen molar-refractivity contribution >= 4 is 23.6 Å². The van der Waals surface area contributed by atoms with Gasteiger partial charge in [0.05, 0.1) is 0 Å². The Hall–Kier alpha value is -2.61. The number of anilines is 1. The number of carbonyl (C=O) groups is 3. The molecule has 2 aliphatic heterocycles. The number of amides is 3. The van der Waals surface area contributed by atoms with Crippen LogP contribution in [0.4, 0.5) is 10.5 Å². The first kappa shape index (κ1) is 29.4. The van der Waals surface area contributed by atoms with Crippen LogP contribution in [-0.2, 0) is 20.9 Å². The molecule has 1 aliphatic carbocycles. The van der Waals surface area contributed by atoms with Crippen LogP contribution in [0.1, 0.15) is 82.9 Å². The predicted octanol–water partition coefficient (Wildman–Crippen LogP) is 5.11. The Morgan fingerprint density at radius 3 is 2.38 bits per heavy atom. The molecule has 3 amide bonds. The molecule has 2 saturated heterocycles. The molecule has 1 N–H and O–H groups in total. The molecule has 1 saturated carbocycles. The number of nitrogens with one attached hydrogen (secondary N) is 1. The molecule has 3 aliphatic rings. The van der Waals surface area contributed by atoms with Crippen LogP contribution in [-0.4, -0.2) is 77.0 Å². The van der Waals surface area contributed by atoms with Crippen molar-refractivity contribution in [2.75, 3.05) is 38.0 Å². The Labute approximate surface area is 234 Å². The Morgan fingerprint density at radius 2 is 1.72 bits per heavy atom. The molecule has 39 heavy (non-hydrogen) atoms. The van der Waals surface area contributed by atoms with Crippen LogP contribution in [0, 0.1) is 25.7 Å². The van der Waals surface area contributed by atoms with Gasteiger partial charge in [0, 0.05) is 63.3 Å². The summed E-state index contributed by atoms with van der Waals surface area (Å²) < 4.78 is 5.49. The summed E-state index contributed by atoms with van der Waals surface area (Å²) in [5.41, 5.74) is 3.76. The van der Waals surface area contributed by atoms with E-state index in [1.54, 1.807) is 4.90 Å². The Bertz CT molecular complexity index is 1060. The lowest BCUT2D eigenvalue weighted by molar-refractivity contribution is -0.140. The number of hydrogen-bond donors (Lipinski definition) is 1. The molecular formula is C31H48N4O4. The molecule has 8 nitrogen and oxygen atoms in total. The summed E-state index contributed by atoms with van der Waals surface area (Å²) in [7, 11) is 0. The Kier molecular flexibility index (Phi) is 9.25. The minimum absolute atomic E-state index is 0.0154. The molecule has 0 aromatic heterocycles. The van der Waals surface area contributed by atoms with Gasteiger partial charge in [-0.25, -0.2) is 4.79 Å². The zero-order valence-electron chi connectivity index (χ0n) is 24.8. The normalized spacial score (nSPS) is 22.8. The third-order valence-corrected chi connectivity index (χ3v) is 8.44. The summed E-state index contributed by atoms with van der Waals surface area (Å²) in [4.78, 5) is 44.6. The number of carbonyl (C=O) groups excluding carboxylic acids is 3. The maximum Gasteiger partial charge on any atom is 0.410 e. The second-order valence-electron chi connectivity index (χ2n) is 13.0. The lowest BCUT2D eigenvalue weighted by atomic mass is 10.00. The first-order chi connectivity index (χ1) is 18.4. The van der Waals surface area contributed by atoms with E-state index < -0.39 is 5.60 Å². The second-order valence-corrected chi connectivity index (χ2v) is 13.0. The van der Waals surface area contributed by atoms with Crippen molar-refractivity contribution in [3.8, 4) is 0 Å². The van der Waals surface area contributed by atoms with Crippen molar-refractivity contribution in [2.45, 2.75) is 98.3 Å². The van der Waals surface area contributed by atoms with Gasteiger partial charge in [-0.05, 0) is 89.5 Å². The van der Waals surface area contributed by atoms with Crippen LogP contribution >= 0.6 is 0 Å². The number of rotatable bonds is 6. The highest BCUT2D eigenvalue weighted by atomic mass is 16.6. The fraction of sp³-hybridized carbons (Fsp3) is 0.710. The van der Waals surface area contributed by atoms with Crippen LogP contribution in [0.5, 0.6) is 0 Å². The van der Waals surface area contributed by atoms with Crippen LogP contribution in [0.25, 0.3) is 0 Å². The highest BCUT2D eigenvalue weighted by Gasteiger charge is 2.34. The van der Waals surface area contributed by atoms with E-state index in [0.717, 1.165) is 62.3 Å². The van der Waals surface area contributed by atoms with Gasteiger partial charge in [0.25, 0.3) is 0 Å². The van der Waals surface area contributed by atoms with E-state index in [1.807, 2.05) is 26.8 Å². The summed E-state index contributed by atoms with van der Waals surface area (Å²) in [6.07, 6.45) is 5.34. The van der Waals surface area contributed by atoms with Crippen molar-refractivity contribution in [1.82, 2.24) is 14.7 Å². The minimum Gasteiger partial charge on any atom is -0.444 e. The van der Waals surface area contributed by atoms with Gasteiger partial charge in [-0.3, -0.25) is 14.5 Å². The van der Waals surface area contributed by atoms with Crippen molar-refractivity contribution in [2.24, 2.45) is 11.8 Å². The highest BCUT2D eigenvalue weighted by molar-refractivity contribution is 5.92.